The molecule has 0 unspecified atom stereocenters. The maximum absolute atomic E-state index is 13.2. The lowest BCUT2D eigenvalue weighted by Crippen LogP contribution is -2.41. The number of carbonyl (C=O) groups excluding carboxylic acids is 2. The minimum absolute atomic E-state index is 0.126. The lowest BCUT2D eigenvalue weighted by molar-refractivity contribution is -0.144. The van der Waals surface area contributed by atoms with E-state index in [9.17, 15) is 14.0 Å². The summed E-state index contributed by atoms with van der Waals surface area (Å²) in [5, 5.41) is 0. The van der Waals surface area contributed by atoms with Crippen molar-refractivity contribution in [2.24, 2.45) is 0 Å². The Morgan fingerprint density at radius 3 is 2.55 bits per heavy atom. The second-order valence-electron chi connectivity index (χ2n) is 4.46. The number of amides is 1. The molecule has 0 bridgehead atoms. The minimum Gasteiger partial charge on any atom is -0.465 e. The molecule has 1 aromatic carbocycles. The first kappa shape index (κ1) is 16.6. The van der Waals surface area contributed by atoms with E-state index in [1.807, 2.05) is 0 Å². The molecule has 0 fully saturated rings. The average molecular weight is 346 g/mol. The summed E-state index contributed by atoms with van der Waals surface area (Å²) in [6.45, 7) is 5.45. The highest BCUT2D eigenvalue weighted by molar-refractivity contribution is 9.10. The fourth-order valence-electron chi connectivity index (χ4n) is 1.63. The fraction of sp³-hybridized carbons (Fsp3) is 0.429. The Bertz CT molecular complexity index is 505. The highest BCUT2D eigenvalue weighted by atomic mass is 79.9. The number of benzene rings is 1. The van der Waals surface area contributed by atoms with E-state index in [1.54, 1.807) is 20.8 Å². The number of nitrogens with zero attached hydrogens (tertiary/aromatic N) is 1. The van der Waals surface area contributed by atoms with Gasteiger partial charge in [-0.3, -0.25) is 9.59 Å². The second kappa shape index (κ2) is 7.38. The first-order valence-corrected chi connectivity index (χ1v) is 7.07. The molecule has 6 heteroatoms. The van der Waals surface area contributed by atoms with Crippen LogP contribution < -0.4 is 0 Å². The van der Waals surface area contributed by atoms with E-state index in [2.05, 4.69) is 15.9 Å². The topological polar surface area (TPSA) is 46.6 Å². The van der Waals surface area contributed by atoms with E-state index in [4.69, 9.17) is 4.74 Å². The number of hydrogen-bond acceptors (Lipinski definition) is 3. The van der Waals surface area contributed by atoms with Gasteiger partial charge in [0, 0.05) is 11.6 Å². The SMILES string of the molecule is CCOC(=O)CN(C(=O)c1ccc(F)c(Br)c1)C(C)C. The zero-order valence-electron chi connectivity index (χ0n) is 11.7. The van der Waals surface area contributed by atoms with Crippen molar-refractivity contribution in [3.05, 3.63) is 34.1 Å². The largest absolute Gasteiger partial charge is 0.465 e. The third-order valence-corrected chi connectivity index (χ3v) is 3.26. The number of ether oxygens (including phenoxy) is 1. The van der Waals surface area contributed by atoms with Gasteiger partial charge in [0.25, 0.3) is 5.91 Å². The maximum Gasteiger partial charge on any atom is 0.325 e. The molecule has 0 saturated carbocycles. The lowest BCUT2D eigenvalue weighted by Gasteiger charge is -2.25. The van der Waals surface area contributed by atoms with E-state index in [0.29, 0.717) is 5.56 Å². The van der Waals surface area contributed by atoms with Gasteiger partial charge in [0.05, 0.1) is 11.1 Å². The Labute approximate surface area is 126 Å². The third-order valence-electron chi connectivity index (χ3n) is 2.66. The predicted molar refractivity (Wildman–Crippen MR) is 76.9 cm³/mol. The van der Waals surface area contributed by atoms with Crippen molar-refractivity contribution in [2.45, 2.75) is 26.8 Å². The molecule has 0 radical (unpaired) electrons. The number of esters is 1. The maximum atomic E-state index is 13.2. The van der Waals surface area contributed by atoms with Crippen LogP contribution in [0.4, 0.5) is 4.39 Å². The van der Waals surface area contributed by atoms with Crippen molar-refractivity contribution in [1.29, 1.82) is 0 Å². The third kappa shape index (κ3) is 4.30. The fourth-order valence-corrected chi connectivity index (χ4v) is 2.01. The van der Waals surface area contributed by atoms with Crippen LogP contribution in [-0.4, -0.2) is 36.0 Å². The lowest BCUT2D eigenvalue weighted by atomic mass is 10.1. The quantitative estimate of drug-likeness (QED) is 0.770. The van der Waals surface area contributed by atoms with Gasteiger partial charge in [-0.1, -0.05) is 0 Å². The van der Waals surface area contributed by atoms with Crippen molar-refractivity contribution in [1.82, 2.24) is 4.90 Å². The first-order valence-electron chi connectivity index (χ1n) is 6.28. The summed E-state index contributed by atoms with van der Waals surface area (Å²) in [5.74, 6) is -1.24. The van der Waals surface area contributed by atoms with Crippen LogP contribution in [0, 0.1) is 5.82 Å². The summed E-state index contributed by atoms with van der Waals surface area (Å²) in [7, 11) is 0. The molecular weight excluding hydrogens is 329 g/mol. The molecule has 1 amide bonds. The van der Waals surface area contributed by atoms with Crippen molar-refractivity contribution >= 4 is 27.8 Å². The zero-order valence-corrected chi connectivity index (χ0v) is 13.2. The Balaban J connectivity index is 2.93. The molecular formula is C14H17BrFNO3. The number of halogens is 2. The van der Waals surface area contributed by atoms with Crippen molar-refractivity contribution in [3.63, 3.8) is 0 Å². The Hall–Kier alpha value is -1.43. The number of hydrogen-bond donors (Lipinski definition) is 0. The van der Waals surface area contributed by atoms with Crippen LogP contribution >= 0.6 is 15.9 Å². The van der Waals surface area contributed by atoms with Gasteiger partial charge >= 0.3 is 5.97 Å². The Morgan fingerprint density at radius 2 is 2.05 bits per heavy atom. The molecule has 0 aromatic heterocycles. The van der Waals surface area contributed by atoms with Gasteiger partial charge in [-0.05, 0) is 54.9 Å². The van der Waals surface area contributed by atoms with E-state index in [0.717, 1.165) is 0 Å². The van der Waals surface area contributed by atoms with Crippen LogP contribution in [0.25, 0.3) is 0 Å². The van der Waals surface area contributed by atoms with Crippen LogP contribution in [-0.2, 0) is 9.53 Å². The van der Waals surface area contributed by atoms with Gasteiger partial charge in [0.2, 0.25) is 0 Å². The molecule has 20 heavy (non-hydrogen) atoms. The average Bonchev–Trinajstić information content (AvgIpc) is 2.38. The molecule has 0 spiro atoms. The molecule has 0 atom stereocenters. The summed E-state index contributed by atoms with van der Waals surface area (Å²) >= 11 is 3.04. The summed E-state index contributed by atoms with van der Waals surface area (Å²) < 4.78 is 18.2. The van der Waals surface area contributed by atoms with Gasteiger partial charge in [0.1, 0.15) is 12.4 Å². The molecule has 0 aliphatic heterocycles. The summed E-state index contributed by atoms with van der Waals surface area (Å²) in [6.07, 6.45) is 0. The highest BCUT2D eigenvalue weighted by Gasteiger charge is 2.22. The van der Waals surface area contributed by atoms with Crippen LogP contribution in [0.15, 0.2) is 22.7 Å². The number of rotatable bonds is 5. The van der Waals surface area contributed by atoms with E-state index in [1.165, 1.54) is 23.1 Å². The smallest absolute Gasteiger partial charge is 0.325 e. The molecule has 0 saturated heterocycles. The van der Waals surface area contributed by atoms with Crippen molar-refractivity contribution < 1.29 is 18.7 Å². The predicted octanol–water partition coefficient (Wildman–Crippen LogP) is 3.00. The Kier molecular flexibility index (Phi) is 6.13. The normalized spacial score (nSPS) is 10.5. The van der Waals surface area contributed by atoms with Crippen molar-refractivity contribution in [3.8, 4) is 0 Å². The van der Waals surface area contributed by atoms with Crippen LogP contribution in [0.1, 0.15) is 31.1 Å². The zero-order chi connectivity index (χ0) is 15.3. The Morgan fingerprint density at radius 1 is 1.40 bits per heavy atom. The van der Waals surface area contributed by atoms with Gasteiger partial charge in [-0.25, -0.2) is 4.39 Å². The minimum atomic E-state index is -0.462. The van der Waals surface area contributed by atoms with Crippen LogP contribution in [0.5, 0.6) is 0 Å². The standard InChI is InChI=1S/C14H17BrFNO3/c1-4-20-13(18)8-17(9(2)3)14(19)10-5-6-12(16)11(15)7-10/h5-7,9H,4,8H2,1-3H3. The molecule has 0 aliphatic rings. The van der Waals surface area contributed by atoms with E-state index in [-0.39, 0.29) is 29.6 Å². The first-order chi connectivity index (χ1) is 9.36. The van der Waals surface area contributed by atoms with Crippen LogP contribution in [0.2, 0.25) is 0 Å². The van der Waals surface area contributed by atoms with Gasteiger partial charge in [-0.2, -0.15) is 0 Å². The molecule has 1 rings (SSSR count). The molecule has 0 N–H and O–H groups in total. The molecule has 0 heterocycles. The summed E-state index contributed by atoms with van der Waals surface area (Å²) in [4.78, 5) is 25.3. The van der Waals surface area contributed by atoms with Crippen LogP contribution in [0.3, 0.4) is 0 Å². The highest BCUT2D eigenvalue weighted by Crippen LogP contribution is 2.18. The molecule has 4 nitrogen and oxygen atoms in total. The number of carbonyl (C=O) groups is 2. The molecule has 1 aromatic rings. The van der Waals surface area contributed by atoms with Gasteiger partial charge in [-0.15, -0.1) is 0 Å². The van der Waals surface area contributed by atoms with E-state index >= 15 is 0 Å². The van der Waals surface area contributed by atoms with Gasteiger partial charge in [0.15, 0.2) is 0 Å². The van der Waals surface area contributed by atoms with Crippen molar-refractivity contribution in [2.75, 3.05) is 13.2 Å². The monoisotopic (exact) mass is 345 g/mol. The summed E-state index contributed by atoms with van der Waals surface area (Å²) in [6, 6.07) is 3.83. The van der Waals surface area contributed by atoms with Gasteiger partial charge < -0.3 is 9.64 Å². The molecule has 0 aliphatic carbocycles. The summed E-state index contributed by atoms with van der Waals surface area (Å²) in [5.41, 5.74) is 0.316. The molecule has 110 valence electrons. The van der Waals surface area contributed by atoms with E-state index < -0.39 is 11.8 Å². The second-order valence-corrected chi connectivity index (χ2v) is 5.32.